The Balaban J connectivity index is 2.27. The monoisotopic (exact) mass is 329 g/mol. The van der Waals surface area contributed by atoms with Crippen LogP contribution < -0.4 is 11.3 Å². The van der Waals surface area contributed by atoms with Gasteiger partial charge in [-0.15, -0.1) is 0 Å². The average Bonchev–Trinajstić information content (AvgIpc) is 2.95. The summed E-state index contributed by atoms with van der Waals surface area (Å²) in [5, 5.41) is 14.4. The molecule has 1 amide bonds. The Morgan fingerprint density at radius 1 is 1.68 bits per heavy atom. The number of halogens is 1. The normalized spacial score (nSPS) is 10.4. The van der Waals surface area contributed by atoms with Crippen LogP contribution in [0.5, 0.6) is 0 Å². The average molecular weight is 330 g/mol. The van der Waals surface area contributed by atoms with E-state index in [1.807, 2.05) is 5.43 Å². The number of nitro groups is 1. The molecule has 0 unspecified atom stereocenters. The molecule has 0 spiro atoms. The number of amides is 1. The van der Waals surface area contributed by atoms with Gasteiger partial charge in [0.15, 0.2) is 5.76 Å². The van der Waals surface area contributed by atoms with E-state index in [0.717, 1.165) is 0 Å². The largest absolute Gasteiger partial charge is 0.459 e. The Hall–Kier alpha value is -2.20. The van der Waals surface area contributed by atoms with Gasteiger partial charge in [-0.25, -0.2) is 5.84 Å². The molecule has 2 aromatic heterocycles. The summed E-state index contributed by atoms with van der Waals surface area (Å²) in [4.78, 5) is 21.4. The summed E-state index contributed by atoms with van der Waals surface area (Å²) in [5.74, 6) is 4.17. The first-order valence-corrected chi connectivity index (χ1v) is 5.77. The number of hydrogen-bond donors (Lipinski definition) is 2. The van der Waals surface area contributed by atoms with Crippen molar-refractivity contribution in [2.24, 2.45) is 5.84 Å². The summed E-state index contributed by atoms with van der Waals surface area (Å²) in [5.41, 5.74) is 2.46. The Labute approximate surface area is 114 Å². The molecule has 0 aliphatic carbocycles. The van der Waals surface area contributed by atoms with Crippen LogP contribution in [0.1, 0.15) is 16.1 Å². The van der Waals surface area contributed by atoms with E-state index in [1.54, 1.807) is 6.07 Å². The number of nitrogen functional groups attached to an aromatic ring is 1. The molecule has 0 aliphatic heterocycles. The molecular formula is C9H8BrN5O4. The molecule has 9 nitrogen and oxygen atoms in total. The molecule has 100 valence electrons. The van der Waals surface area contributed by atoms with Gasteiger partial charge in [0.2, 0.25) is 0 Å². The number of carbonyl (C=O) groups excluding carboxylic acids is 1. The van der Waals surface area contributed by atoms with Crippen LogP contribution in [0.3, 0.4) is 0 Å². The van der Waals surface area contributed by atoms with E-state index in [-0.39, 0.29) is 22.6 Å². The standard InChI is InChI=1S/C9H8BrN5O4/c10-6-4-14(13-8(6)15(17)18)3-5-1-2-19-7(5)9(16)12-11/h1-2,4H,3,11H2,(H,12,16). The molecule has 0 aromatic carbocycles. The van der Waals surface area contributed by atoms with Gasteiger partial charge in [-0.2, -0.15) is 4.68 Å². The third kappa shape index (κ3) is 2.63. The maximum Gasteiger partial charge on any atom is 0.404 e. The fourth-order valence-electron chi connectivity index (χ4n) is 1.49. The molecule has 0 fully saturated rings. The van der Waals surface area contributed by atoms with Crippen molar-refractivity contribution in [1.29, 1.82) is 0 Å². The van der Waals surface area contributed by atoms with Crippen LogP contribution in [0.15, 0.2) is 27.4 Å². The number of nitrogens with zero attached hydrogens (tertiary/aromatic N) is 3. The van der Waals surface area contributed by atoms with E-state index in [1.165, 1.54) is 17.1 Å². The SMILES string of the molecule is NNC(=O)c1occc1Cn1cc(Br)c([N+](=O)[O-])n1. The lowest BCUT2D eigenvalue weighted by atomic mass is 10.2. The van der Waals surface area contributed by atoms with Crippen LogP contribution >= 0.6 is 15.9 Å². The second-order valence-electron chi connectivity index (χ2n) is 3.50. The molecule has 0 bridgehead atoms. The first kappa shape index (κ1) is 13.2. The summed E-state index contributed by atoms with van der Waals surface area (Å²) in [7, 11) is 0. The highest BCUT2D eigenvalue weighted by Crippen LogP contribution is 2.23. The first-order chi connectivity index (χ1) is 9.02. The van der Waals surface area contributed by atoms with Crippen molar-refractivity contribution < 1.29 is 14.1 Å². The van der Waals surface area contributed by atoms with Crippen molar-refractivity contribution in [3.8, 4) is 0 Å². The van der Waals surface area contributed by atoms with Gasteiger partial charge in [-0.3, -0.25) is 10.2 Å². The Morgan fingerprint density at radius 2 is 2.42 bits per heavy atom. The quantitative estimate of drug-likeness (QED) is 0.369. The number of rotatable bonds is 4. The molecule has 3 N–H and O–H groups in total. The van der Waals surface area contributed by atoms with Crippen molar-refractivity contribution in [2.75, 3.05) is 0 Å². The molecule has 2 rings (SSSR count). The number of nitrogens with two attached hydrogens (primary N) is 1. The number of aromatic nitrogens is 2. The third-order valence-corrected chi connectivity index (χ3v) is 2.85. The zero-order chi connectivity index (χ0) is 14.0. The highest BCUT2D eigenvalue weighted by Gasteiger charge is 2.21. The minimum Gasteiger partial charge on any atom is -0.459 e. The van der Waals surface area contributed by atoms with Gasteiger partial charge in [0.25, 0.3) is 0 Å². The predicted molar refractivity (Wildman–Crippen MR) is 66.0 cm³/mol. The van der Waals surface area contributed by atoms with E-state index in [9.17, 15) is 14.9 Å². The fourth-order valence-corrected chi connectivity index (χ4v) is 1.95. The zero-order valence-corrected chi connectivity index (χ0v) is 11.0. The minimum absolute atomic E-state index is 0.0387. The summed E-state index contributed by atoms with van der Waals surface area (Å²) in [6, 6.07) is 1.56. The van der Waals surface area contributed by atoms with Gasteiger partial charge < -0.3 is 14.5 Å². The molecule has 19 heavy (non-hydrogen) atoms. The Kier molecular flexibility index (Phi) is 3.62. The van der Waals surface area contributed by atoms with Crippen molar-refractivity contribution >= 4 is 27.7 Å². The lowest BCUT2D eigenvalue weighted by Gasteiger charge is -1.99. The molecule has 0 saturated carbocycles. The maximum absolute atomic E-state index is 11.4. The van der Waals surface area contributed by atoms with Crippen molar-refractivity contribution in [2.45, 2.75) is 6.54 Å². The third-order valence-electron chi connectivity index (χ3n) is 2.29. The van der Waals surface area contributed by atoms with Crippen molar-refractivity contribution in [3.63, 3.8) is 0 Å². The predicted octanol–water partition coefficient (Wildman–Crippen LogP) is 0.799. The number of hydrazine groups is 1. The van der Waals surface area contributed by atoms with Crippen molar-refractivity contribution in [1.82, 2.24) is 15.2 Å². The minimum atomic E-state index is -0.608. The van der Waals surface area contributed by atoms with Crippen molar-refractivity contribution in [3.05, 3.63) is 44.4 Å². The maximum atomic E-state index is 11.4. The van der Waals surface area contributed by atoms with Gasteiger partial charge in [0.05, 0.1) is 24.1 Å². The summed E-state index contributed by atoms with van der Waals surface area (Å²) >= 11 is 3.04. The number of furan rings is 1. The smallest absolute Gasteiger partial charge is 0.404 e. The molecule has 0 atom stereocenters. The van der Waals surface area contributed by atoms with Gasteiger partial charge in [-0.05, 0) is 26.9 Å². The van der Waals surface area contributed by atoms with E-state index in [4.69, 9.17) is 10.3 Å². The summed E-state index contributed by atoms with van der Waals surface area (Å²) in [6.07, 6.45) is 2.77. The summed E-state index contributed by atoms with van der Waals surface area (Å²) in [6.45, 7) is 0.145. The van der Waals surface area contributed by atoms with Gasteiger partial charge >= 0.3 is 11.7 Å². The molecule has 2 heterocycles. The number of carbonyl (C=O) groups is 1. The second kappa shape index (κ2) is 5.20. The zero-order valence-electron chi connectivity index (χ0n) is 9.37. The highest BCUT2D eigenvalue weighted by molar-refractivity contribution is 9.10. The van der Waals surface area contributed by atoms with Gasteiger partial charge in [0, 0.05) is 5.56 Å². The second-order valence-corrected chi connectivity index (χ2v) is 4.36. The van der Waals surface area contributed by atoms with Crippen LogP contribution in [0.4, 0.5) is 5.82 Å². The van der Waals surface area contributed by atoms with Crippen LogP contribution in [-0.4, -0.2) is 20.6 Å². The van der Waals surface area contributed by atoms with E-state index >= 15 is 0 Å². The van der Waals surface area contributed by atoms with E-state index in [0.29, 0.717) is 5.56 Å². The number of hydrogen-bond acceptors (Lipinski definition) is 6. The van der Waals surface area contributed by atoms with Crippen LogP contribution in [0, 0.1) is 10.1 Å². The molecule has 0 aliphatic rings. The molecule has 10 heteroatoms. The van der Waals surface area contributed by atoms with E-state index in [2.05, 4.69) is 21.0 Å². The van der Waals surface area contributed by atoms with Crippen LogP contribution in [-0.2, 0) is 6.54 Å². The highest BCUT2D eigenvalue weighted by atomic mass is 79.9. The Bertz CT molecular complexity index is 634. The summed E-state index contributed by atoms with van der Waals surface area (Å²) < 4.78 is 6.57. The van der Waals surface area contributed by atoms with E-state index < -0.39 is 10.8 Å². The van der Waals surface area contributed by atoms with Gasteiger partial charge in [0.1, 0.15) is 4.47 Å². The lowest BCUT2D eigenvalue weighted by Crippen LogP contribution is -2.30. The topological polar surface area (TPSA) is 129 Å². The Morgan fingerprint density at radius 3 is 3.00 bits per heavy atom. The number of nitrogens with one attached hydrogen (secondary N) is 1. The lowest BCUT2D eigenvalue weighted by molar-refractivity contribution is -0.390. The molecule has 0 saturated heterocycles. The molecule has 0 radical (unpaired) electrons. The molecule has 2 aromatic rings. The fraction of sp³-hybridized carbons (Fsp3) is 0.111. The first-order valence-electron chi connectivity index (χ1n) is 4.97. The molecular weight excluding hydrogens is 322 g/mol. The van der Waals surface area contributed by atoms with Gasteiger partial charge in [-0.1, -0.05) is 0 Å². The van der Waals surface area contributed by atoms with Crippen LogP contribution in [0.2, 0.25) is 0 Å². The van der Waals surface area contributed by atoms with Crippen LogP contribution in [0.25, 0.3) is 0 Å².